The minimum atomic E-state index is -1.12. The maximum absolute atomic E-state index is 12.1. The number of primary amides is 1. The summed E-state index contributed by atoms with van der Waals surface area (Å²) in [6.45, 7) is 1.38. The molecule has 25 heavy (non-hydrogen) atoms. The predicted octanol–water partition coefficient (Wildman–Crippen LogP) is 2.33. The Bertz CT molecular complexity index is 820. The van der Waals surface area contributed by atoms with Crippen LogP contribution in [0.25, 0.3) is 0 Å². The van der Waals surface area contributed by atoms with Gasteiger partial charge in [0.15, 0.2) is 6.10 Å². The Kier molecular flexibility index (Phi) is 5.61. The average Bonchev–Trinajstić information content (AvgIpc) is 2.57. The molecule has 2 amide bonds. The van der Waals surface area contributed by atoms with Crippen LogP contribution in [0, 0.1) is 0 Å². The van der Waals surface area contributed by atoms with E-state index in [1.165, 1.54) is 49.4 Å². The van der Waals surface area contributed by atoms with Gasteiger partial charge in [0, 0.05) is 16.3 Å². The summed E-state index contributed by atoms with van der Waals surface area (Å²) in [5.74, 6) is -2.35. The third kappa shape index (κ3) is 4.71. The number of nitrogens with two attached hydrogens (primary N) is 1. The van der Waals surface area contributed by atoms with Crippen LogP contribution in [-0.2, 0) is 9.53 Å². The summed E-state index contributed by atoms with van der Waals surface area (Å²) in [6.07, 6.45) is -1.12. The second kappa shape index (κ2) is 7.67. The monoisotopic (exact) mass is 362 g/mol. The summed E-state index contributed by atoms with van der Waals surface area (Å²) >= 11 is 5.77. The molecule has 2 aromatic rings. The summed E-state index contributed by atoms with van der Waals surface area (Å²) in [4.78, 5) is 35.1. The number of hydrogen-bond donors (Lipinski definition) is 3. The van der Waals surface area contributed by atoms with Crippen LogP contribution in [0.15, 0.2) is 42.5 Å². The molecule has 8 heteroatoms. The van der Waals surface area contributed by atoms with E-state index in [-0.39, 0.29) is 16.3 Å². The zero-order valence-electron chi connectivity index (χ0n) is 13.2. The topological polar surface area (TPSA) is 119 Å². The molecule has 0 radical (unpaired) electrons. The van der Waals surface area contributed by atoms with E-state index in [0.717, 1.165) is 0 Å². The van der Waals surface area contributed by atoms with Crippen molar-refractivity contribution in [3.8, 4) is 5.75 Å². The molecule has 0 heterocycles. The molecular weight excluding hydrogens is 348 g/mol. The molecule has 0 saturated heterocycles. The van der Waals surface area contributed by atoms with Gasteiger partial charge in [-0.15, -0.1) is 0 Å². The smallest absolute Gasteiger partial charge is 0.342 e. The lowest BCUT2D eigenvalue weighted by molar-refractivity contribution is -0.123. The van der Waals surface area contributed by atoms with Crippen LogP contribution >= 0.6 is 11.6 Å². The first-order valence-electron chi connectivity index (χ1n) is 7.18. The molecule has 130 valence electrons. The van der Waals surface area contributed by atoms with Crippen LogP contribution in [-0.4, -0.2) is 29.0 Å². The first-order valence-corrected chi connectivity index (χ1v) is 7.56. The van der Waals surface area contributed by atoms with Gasteiger partial charge in [-0.25, -0.2) is 4.79 Å². The van der Waals surface area contributed by atoms with Crippen molar-refractivity contribution < 1.29 is 24.2 Å². The van der Waals surface area contributed by atoms with E-state index in [1.807, 2.05) is 0 Å². The number of phenolic OH excluding ortho intramolecular Hbond substituents is 1. The van der Waals surface area contributed by atoms with Gasteiger partial charge in [-0.2, -0.15) is 0 Å². The van der Waals surface area contributed by atoms with Gasteiger partial charge in [0.1, 0.15) is 11.3 Å². The third-order valence-corrected chi connectivity index (χ3v) is 3.50. The van der Waals surface area contributed by atoms with E-state index >= 15 is 0 Å². The molecular formula is C17H15ClN2O5. The van der Waals surface area contributed by atoms with Gasteiger partial charge < -0.3 is 20.9 Å². The van der Waals surface area contributed by atoms with Gasteiger partial charge in [-0.05, 0) is 49.4 Å². The minimum Gasteiger partial charge on any atom is -0.507 e. The number of hydrogen-bond acceptors (Lipinski definition) is 5. The van der Waals surface area contributed by atoms with E-state index < -0.39 is 23.9 Å². The first-order chi connectivity index (χ1) is 11.8. The maximum atomic E-state index is 12.1. The fourth-order valence-electron chi connectivity index (χ4n) is 1.91. The van der Waals surface area contributed by atoms with Crippen molar-refractivity contribution in [2.75, 3.05) is 5.32 Å². The number of aromatic hydroxyl groups is 1. The van der Waals surface area contributed by atoms with E-state index in [4.69, 9.17) is 22.1 Å². The zero-order valence-corrected chi connectivity index (χ0v) is 13.9. The largest absolute Gasteiger partial charge is 0.507 e. The molecule has 0 bridgehead atoms. The second-order valence-electron chi connectivity index (χ2n) is 5.14. The molecule has 7 nitrogen and oxygen atoms in total. The van der Waals surface area contributed by atoms with Crippen LogP contribution in [0.5, 0.6) is 5.75 Å². The summed E-state index contributed by atoms with van der Waals surface area (Å²) in [7, 11) is 0. The van der Waals surface area contributed by atoms with Gasteiger partial charge in [-0.1, -0.05) is 11.6 Å². The number of anilines is 1. The number of nitrogens with one attached hydrogen (secondary N) is 1. The zero-order chi connectivity index (χ0) is 18.6. The Morgan fingerprint density at radius 3 is 2.40 bits per heavy atom. The second-order valence-corrected chi connectivity index (χ2v) is 5.58. The fourth-order valence-corrected chi connectivity index (χ4v) is 2.08. The summed E-state index contributed by atoms with van der Waals surface area (Å²) in [5, 5.41) is 12.4. The number of amides is 2. The number of ether oxygens (including phenoxy) is 1. The molecule has 2 rings (SSSR count). The third-order valence-electron chi connectivity index (χ3n) is 3.27. The maximum Gasteiger partial charge on any atom is 0.342 e. The van der Waals surface area contributed by atoms with Crippen molar-refractivity contribution in [1.29, 1.82) is 0 Å². The summed E-state index contributed by atoms with van der Waals surface area (Å²) in [6, 6.07) is 9.82. The van der Waals surface area contributed by atoms with Crippen molar-refractivity contribution in [2.45, 2.75) is 13.0 Å². The highest BCUT2D eigenvalue weighted by Gasteiger charge is 2.21. The number of carbonyl (C=O) groups is 3. The standard InChI is InChI=1S/C17H15ClN2O5/c1-9(25-17(24)13-8-11(18)4-7-14(13)21)16(23)20-12-5-2-10(3-6-12)15(19)22/h2-9,21H,1H3,(H2,19,22)(H,20,23)/t9-/m1/s1. The molecule has 0 aliphatic carbocycles. The molecule has 1 atom stereocenters. The Hall–Kier alpha value is -3.06. The van der Waals surface area contributed by atoms with Crippen molar-refractivity contribution >= 4 is 35.1 Å². The Morgan fingerprint density at radius 2 is 1.80 bits per heavy atom. The molecule has 0 saturated carbocycles. The number of carbonyl (C=O) groups excluding carboxylic acids is 3. The van der Waals surface area contributed by atoms with E-state index in [9.17, 15) is 19.5 Å². The van der Waals surface area contributed by atoms with Crippen LogP contribution < -0.4 is 11.1 Å². The number of esters is 1. The van der Waals surface area contributed by atoms with Crippen molar-refractivity contribution in [3.05, 3.63) is 58.6 Å². The Labute approximate surface area is 148 Å². The molecule has 0 aliphatic heterocycles. The highest BCUT2D eigenvalue weighted by Crippen LogP contribution is 2.22. The molecule has 0 aliphatic rings. The number of rotatable bonds is 5. The molecule has 0 spiro atoms. The summed E-state index contributed by atoms with van der Waals surface area (Å²) < 4.78 is 5.02. The van der Waals surface area contributed by atoms with Gasteiger partial charge in [0.25, 0.3) is 5.91 Å². The predicted molar refractivity (Wildman–Crippen MR) is 91.6 cm³/mol. The quantitative estimate of drug-likeness (QED) is 0.705. The van der Waals surface area contributed by atoms with E-state index in [1.54, 1.807) is 0 Å². The van der Waals surface area contributed by atoms with Crippen molar-refractivity contribution in [1.82, 2.24) is 0 Å². The van der Waals surface area contributed by atoms with Gasteiger partial charge in [0.2, 0.25) is 5.91 Å². The van der Waals surface area contributed by atoms with Gasteiger partial charge in [0.05, 0.1) is 0 Å². The number of benzene rings is 2. The van der Waals surface area contributed by atoms with Crippen molar-refractivity contribution in [3.63, 3.8) is 0 Å². The van der Waals surface area contributed by atoms with Crippen LogP contribution in [0.4, 0.5) is 5.69 Å². The lowest BCUT2D eigenvalue weighted by Gasteiger charge is -2.14. The lowest BCUT2D eigenvalue weighted by Crippen LogP contribution is -2.30. The normalized spacial score (nSPS) is 11.4. The molecule has 0 fully saturated rings. The first kappa shape index (κ1) is 18.3. The lowest BCUT2D eigenvalue weighted by atomic mass is 10.2. The molecule has 4 N–H and O–H groups in total. The average molecular weight is 363 g/mol. The molecule has 0 aromatic heterocycles. The highest BCUT2D eigenvalue weighted by atomic mass is 35.5. The molecule has 2 aromatic carbocycles. The summed E-state index contributed by atoms with van der Waals surface area (Å²) in [5.41, 5.74) is 5.70. The molecule has 0 unspecified atom stereocenters. The van der Waals surface area contributed by atoms with Crippen LogP contribution in [0.2, 0.25) is 5.02 Å². The SMILES string of the molecule is C[C@@H](OC(=O)c1cc(Cl)ccc1O)C(=O)Nc1ccc(C(N)=O)cc1. The van der Waals surface area contributed by atoms with E-state index in [2.05, 4.69) is 5.32 Å². The van der Waals surface area contributed by atoms with Crippen LogP contribution in [0.1, 0.15) is 27.6 Å². The Balaban J connectivity index is 2.01. The van der Waals surface area contributed by atoms with Crippen molar-refractivity contribution in [2.24, 2.45) is 5.73 Å². The van der Waals surface area contributed by atoms with Crippen LogP contribution in [0.3, 0.4) is 0 Å². The number of halogens is 1. The Morgan fingerprint density at radius 1 is 1.16 bits per heavy atom. The van der Waals surface area contributed by atoms with Gasteiger partial charge >= 0.3 is 5.97 Å². The van der Waals surface area contributed by atoms with Gasteiger partial charge in [-0.3, -0.25) is 9.59 Å². The number of phenols is 1. The fraction of sp³-hybridized carbons (Fsp3) is 0.118. The van der Waals surface area contributed by atoms with E-state index in [0.29, 0.717) is 11.3 Å². The highest BCUT2D eigenvalue weighted by molar-refractivity contribution is 6.31. The minimum absolute atomic E-state index is 0.141.